The SMILES string of the molecule is CCCCNS(=O)(=O)c1ccc(C)cc1C#CCCO. The number of aliphatic hydroxyl groups excluding tert-OH is 1. The van der Waals surface area contributed by atoms with Crippen molar-refractivity contribution in [2.75, 3.05) is 13.2 Å². The molecule has 1 aromatic carbocycles. The van der Waals surface area contributed by atoms with Gasteiger partial charge in [-0.25, -0.2) is 13.1 Å². The first-order valence-electron chi connectivity index (χ1n) is 6.71. The number of hydrogen-bond acceptors (Lipinski definition) is 3. The molecule has 0 spiro atoms. The zero-order chi connectivity index (χ0) is 15.0. The standard InChI is InChI=1S/C15H21NO3S/c1-3-4-10-16-20(18,19)15-9-8-13(2)12-14(15)7-5-6-11-17/h8-9,12,16-17H,3-4,6,10-11H2,1-2H3. The van der Waals surface area contributed by atoms with E-state index in [0.29, 0.717) is 18.5 Å². The van der Waals surface area contributed by atoms with Crippen molar-refractivity contribution in [2.45, 2.75) is 38.0 Å². The molecular weight excluding hydrogens is 274 g/mol. The first-order chi connectivity index (χ1) is 9.51. The molecule has 0 aliphatic carbocycles. The van der Waals surface area contributed by atoms with Gasteiger partial charge in [0.25, 0.3) is 0 Å². The van der Waals surface area contributed by atoms with Crippen molar-refractivity contribution in [2.24, 2.45) is 0 Å². The molecule has 2 N–H and O–H groups in total. The number of sulfonamides is 1. The summed E-state index contributed by atoms with van der Waals surface area (Å²) in [6, 6.07) is 5.08. The monoisotopic (exact) mass is 295 g/mol. The van der Waals surface area contributed by atoms with Gasteiger partial charge in [-0.1, -0.05) is 31.3 Å². The van der Waals surface area contributed by atoms with Crippen LogP contribution in [0.3, 0.4) is 0 Å². The Morgan fingerprint density at radius 3 is 2.75 bits per heavy atom. The quantitative estimate of drug-likeness (QED) is 0.621. The van der Waals surface area contributed by atoms with E-state index in [4.69, 9.17) is 5.11 Å². The van der Waals surface area contributed by atoms with Crippen LogP contribution in [-0.4, -0.2) is 26.7 Å². The second kappa shape index (κ2) is 8.05. The third-order valence-electron chi connectivity index (χ3n) is 2.71. The van der Waals surface area contributed by atoms with E-state index in [-0.39, 0.29) is 11.5 Å². The van der Waals surface area contributed by atoms with Crippen LogP contribution in [0.15, 0.2) is 23.1 Å². The van der Waals surface area contributed by atoms with Gasteiger partial charge in [-0.2, -0.15) is 0 Å². The zero-order valence-electron chi connectivity index (χ0n) is 11.9. The van der Waals surface area contributed by atoms with Crippen LogP contribution in [0.4, 0.5) is 0 Å². The molecule has 110 valence electrons. The number of aliphatic hydroxyl groups is 1. The highest BCUT2D eigenvalue weighted by Crippen LogP contribution is 2.16. The van der Waals surface area contributed by atoms with Crippen LogP contribution in [0.5, 0.6) is 0 Å². The van der Waals surface area contributed by atoms with E-state index >= 15 is 0 Å². The minimum Gasteiger partial charge on any atom is -0.395 e. The summed E-state index contributed by atoms with van der Waals surface area (Å²) in [5.41, 5.74) is 1.42. The summed E-state index contributed by atoms with van der Waals surface area (Å²) in [7, 11) is -3.53. The summed E-state index contributed by atoms with van der Waals surface area (Å²) < 4.78 is 27.1. The third-order valence-corrected chi connectivity index (χ3v) is 4.23. The molecule has 0 radical (unpaired) electrons. The maximum Gasteiger partial charge on any atom is 0.241 e. The molecule has 0 fully saturated rings. The predicted octanol–water partition coefficient (Wildman–Crippen LogP) is 1.81. The Hall–Kier alpha value is -1.35. The van der Waals surface area contributed by atoms with E-state index in [9.17, 15) is 8.42 Å². The topological polar surface area (TPSA) is 66.4 Å². The highest BCUT2D eigenvalue weighted by Gasteiger charge is 2.17. The third kappa shape index (κ3) is 4.97. The zero-order valence-corrected chi connectivity index (χ0v) is 12.8. The lowest BCUT2D eigenvalue weighted by Gasteiger charge is -2.09. The average molecular weight is 295 g/mol. The van der Waals surface area contributed by atoms with Gasteiger partial charge in [-0.05, 0) is 31.0 Å². The highest BCUT2D eigenvalue weighted by molar-refractivity contribution is 7.89. The van der Waals surface area contributed by atoms with Gasteiger partial charge in [0, 0.05) is 18.5 Å². The summed E-state index contributed by atoms with van der Waals surface area (Å²) >= 11 is 0. The lowest BCUT2D eigenvalue weighted by atomic mass is 10.1. The van der Waals surface area contributed by atoms with Gasteiger partial charge in [0.05, 0.1) is 11.5 Å². The lowest BCUT2D eigenvalue weighted by molar-refractivity contribution is 0.305. The van der Waals surface area contributed by atoms with E-state index in [0.717, 1.165) is 18.4 Å². The molecule has 0 aliphatic heterocycles. The van der Waals surface area contributed by atoms with Gasteiger partial charge >= 0.3 is 0 Å². The molecular formula is C15H21NO3S. The Bertz CT molecular complexity index is 597. The molecule has 0 saturated carbocycles. The van der Waals surface area contributed by atoms with E-state index in [2.05, 4.69) is 16.6 Å². The van der Waals surface area contributed by atoms with Crippen molar-refractivity contribution in [3.63, 3.8) is 0 Å². The number of benzene rings is 1. The molecule has 1 aromatic rings. The van der Waals surface area contributed by atoms with E-state index < -0.39 is 10.0 Å². The number of nitrogens with one attached hydrogen (secondary N) is 1. The van der Waals surface area contributed by atoms with Crippen molar-refractivity contribution >= 4 is 10.0 Å². The molecule has 0 heterocycles. The van der Waals surface area contributed by atoms with Crippen LogP contribution in [-0.2, 0) is 10.0 Å². The van der Waals surface area contributed by atoms with Crippen molar-refractivity contribution in [1.29, 1.82) is 0 Å². The Balaban J connectivity index is 3.08. The largest absolute Gasteiger partial charge is 0.395 e. The summed E-state index contributed by atoms with van der Waals surface area (Å²) in [5.74, 6) is 5.59. The smallest absolute Gasteiger partial charge is 0.241 e. The van der Waals surface area contributed by atoms with Gasteiger partial charge in [0.1, 0.15) is 0 Å². The van der Waals surface area contributed by atoms with Crippen molar-refractivity contribution in [3.05, 3.63) is 29.3 Å². The Kier molecular flexibility index (Phi) is 6.73. The van der Waals surface area contributed by atoms with E-state index in [1.807, 2.05) is 13.8 Å². The molecule has 0 saturated heterocycles. The van der Waals surface area contributed by atoms with E-state index in [1.165, 1.54) is 0 Å². The number of rotatable bonds is 6. The predicted molar refractivity (Wildman–Crippen MR) is 79.9 cm³/mol. The molecule has 4 nitrogen and oxygen atoms in total. The molecule has 1 rings (SSSR count). The fourth-order valence-corrected chi connectivity index (χ4v) is 2.87. The van der Waals surface area contributed by atoms with E-state index in [1.54, 1.807) is 18.2 Å². The Labute approximate surface area is 121 Å². The maximum absolute atomic E-state index is 12.2. The van der Waals surface area contributed by atoms with Crippen LogP contribution >= 0.6 is 0 Å². The van der Waals surface area contributed by atoms with Gasteiger partial charge in [0.15, 0.2) is 0 Å². The highest BCUT2D eigenvalue weighted by atomic mass is 32.2. The minimum absolute atomic E-state index is 0.0321. The molecule has 20 heavy (non-hydrogen) atoms. The molecule has 0 bridgehead atoms. The normalized spacial score (nSPS) is 10.9. The van der Waals surface area contributed by atoms with Crippen LogP contribution in [0.25, 0.3) is 0 Å². The summed E-state index contributed by atoms with van der Waals surface area (Å²) in [5, 5.41) is 8.74. The second-order valence-corrected chi connectivity index (χ2v) is 6.26. The molecule has 0 unspecified atom stereocenters. The lowest BCUT2D eigenvalue weighted by Crippen LogP contribution is -2.25. The van der Waals surface area contributed by atoms with Crippen LogP contribution in [0.1, 0.15) is 37.3 Å². The molecule has 5 heteroatoms. The fraction of sp³-hybridized carbons (Fsp3) is 0.467. The van der Waals surface area contributed by atoms with Gasteiger partial charge in [-0.15, -0.1) is 0 Å². The number of aryl methyl sites for hydroxylation is 1. The van der Waals surface area contributed by atoms with Crippen LogP contribution in [0, 0.1) is 18.8 Å². The Morgan fingerprint density at radius 1 is 1.35 bits per heavy atom. The van der Waals surface area contributed by atoms with Crippen molar-refractivity contribution < 1.29 is 13.5 Å². The van der Waals surface area contributed by atoms with Gasteiger partial charge < -0.3 is 5.11 Å². The molecule has 0 amide bonds. The fourth-order valence-electron chi connectivity index (χ4n) is 1.65. The first kappa shape index (κ1) is 16.7. The Morgan fingerprint density at radius 2 is 2.10 bits per heavy atom. The number of hydrogen-bond donors (Lipinski definition) is 2. The molecule has 0 aliphatic rings. The summed E-state index contributed by atoms with van der Waals surface area (Å²) in [6.07, 6.45) is 2.06. The summed E-state index contributed by atoms with van der Waals surface area (Å²) in [4.78, 5) is 0.199. The van der Waals surface area contributed by atoms with Crippen molar-refractivity contribution in [1.82, 2.24) is 4.72 Å². The average Bonchev–Trinajstić information content (AvgIpc) is 2.39. The van der Waals surface area contributed by atoms with Crippen molar-refractivity contribution in [3.8, 4) is 11.8 Å². The molecule has 0 aromatic heterocycles. The second-order valence-electron chi connectivity index (χ2n) is 4.53. The van der Waals surface area contributed by atoms with Crippen LogP contribution in [0.2, 0.25) is 0 Å². The van der Waals surface area contributed by atoms with Gasteiger partial charge in [-0.3, -0.25) is 0 Å². The maximum atomic E-state index is 12.2. The summed E-state index contributed by atoms with van der Waals surface area (Å²) in [6.45, 7) is 4.29. The number of unbranched alkanes of at least 4 members (excludes halogenated alkanes) is 1. The van der Waals surface area contributed by atoms with Gasteiger partial charge in [0.2, 0.25) is 10.0 Å². The minimum atomic E-state index is -3.53. The first-order valence-corrected chi connectivity index (χ1v) is 8.19. The van der Waals surface area contributed by atoms with Crippen LogP contribution < -0.4 is 4.72 Å². The molecule has 0 atom stereocenters.